The van der Waals surface area contributed by atoms with E-state index in [2.05, 4.69) is 39.6 Å². The Morgan fingerprint density at radius 2 is 1.70 bits per heavy atom. The molecule has 0 aliphatic carbocycles. The van der Waals surface area contributed by atoms with Crippen molar-refractivity contribution < 1.29 is 37.4 Å². The van der Waals surface area contributed by atoms with Crippen molar-refractivity contribution in [3.05, 3.63) is 76.0 Å². The Labute approximate surface area is 255 Å². The fourth-order valence-corrected chi connectivity index (χ4v) is 5.61. The van der Waals surface area contributed by atoms with Crippen molar-refractivity contribution in [2.45, 2.75) is 51.6 Å². The largest absolute Gasteiger partial charge is 0.490 e. The topological polar surface area (TPSA) is 137 Å². The van der Waals surface area contributed by atoms with E-state index in [0.717, 1.165) is 35.6 Å². The third-order valence-electron chi connectivity index (χ3n) is 6.81. The lowest BCUT2D eigenvalue weighted by Crippen LogP contribution is -2.45. The summed E-state index contributed by atoms with van der Waals surface area (Å²) in [5.74, 6) is -2.79. The highest BCUT2D eigenvalue weighted by Gasteiger charge is 2.38. The molecule has 234 valence electrons. The second-order valence-corrected chi connectivity index (χ2v) is 11.2. The van der Waals surface area contributed by atoms with Crippen LogP contribution in [0.5, 0.6) is 0 Å². The van der Waals surface area contributed by atoms with E-state index in [1.807, 2.05) is 48.7 Å². The van der Waals surface area contributed by atoms with Crippen molar-refractivity contribution in [3.63, 3.8) is 0 Å². The number of rotatable bonds is 7. The summed E-state index contributed by atoms with van der Waals surface area (Å²) in [6.45, 7) is 7.82. The van der Waals surface area contributed by atoms with Gasteiger partial charge in [-0.1, -0.05) is 13.0 Å². The zero-order valence-electron chi connectivity index (χ0n) is 24.1. The van der Waals surface area contributed by atoms with Crippen LogP contribution in [0.4, 0.5) is 24.7 Å². The summed E-state index contributed by atoms with van der Waals surface area (Å²) < 4.78 is 37.6. The van der Waals surface area contributed by atoms with E-state index in [1.54, 1.807) is 29.5 Å². The van der Waals surface area contributed by atoms with Crippen molar-refractivity contribution in [2.24, 2.45) is 0 Å². The van der Waals surface area contributed by atoms with Gasteiger partial charge < -0.3 is 25.4 Å². The normalized spacial score (nSPS) is 17.4. The molecule has 0 spiro atoms. The summed E-state index contributed by atoms with van der Waals surface area (Å²) in [5.41, 5.74) is 2.85. The number of carboxylic acids is 1. The summed E-state index contributed by atoms with van der Waals surface area (Å²) in [4.78, 5) is 38.3. The van der Waals surface area contributed by atoms with E-state index in [1.165, 1.54) is 0 Å². The summed E-state index contributed by atoms with van der Waals surface area (Å²) in [6.07, 6.45) is -3.96. The van der Waals surface area contributed by atoms with Crippen molar-refractivity contribution in [2.75, 3.05) is 23.3 Å². The first-order valence-electron chi connectivity index (χ1n) is 13.8. The van der Waals surface area contributed by atoms with Crippen LogP contribution in [0.15, 0.2) is 60.0 Å². The minimum atomic E-state index is -5.08. The maximum Gasteiger partial charge on any atom is 0.490 e. The molecule has 0 bridgehead atoms. The Morgan fingerprint density at radius 3 is 2.27 bits per heavy atom. The average Bonchev–Trinajstić information content (AvgIpc) is 3.66. The summed E-state index contributed by atoms with van der Waals surface area (Å²) in [5, 5.41) is 23.0. The number of aromatic amines is 1. The third-order valence-corrected chi connectivity index (χ3v) is 7.80. The van der Waals surface area contributed by atoms with E-state index < -0.39 is 12.1 Å². The van der Waals surface area contributed by atoms with E-state index in [4.69, 9.17) is 14.6 Å². The lowest BCUT2D eigenvalue weighted by atomic mass is 10.1. The smallest absolute Gasteiger partial charge is 0.475 e. The molecular formula is C30H32F3N5O5S. The van der Waals surface area contributed by atoms with Crippen LogP contribution in [0.3, 0.4) is 0 Å². The highest BCUT2D eigenvalue weighted by molar-refractivity contribution is 7.10. The van der Waals surface area contributed by atoms with Crippen LogP contribution in [0.25, 0.3) is 10.9 Å². The standard InChI is InChI=1S/C28H31N5O3S.C2HF3O2/c1-4-23(25-6-5-13-37-25)29-28(35)20-9-12-24-22(14-20)26(32-31-24)30-27(34)19-7-10-21(11-8-19)33-15-17(2)36-18(3)16-33;3-2(4,5)1(6)7/h5-14,17-18,23H,4,15-16H2,1-3H3,(H,29,35)(H2,30,31,32,34);(H,6,7). The molecule has 2 aromatic carbocycles. The molecule has 2 aromatic heterocycles. The highest BCUT2D eigenvalue weighted by atomic mass is 32.1. The second kappa shape index (κ2) is 13.9. The van der Waals surface area contributed by atoms with Gasteiger partial charge in [0.05, 0.1) is 23.8 Å². The van der Waals surface area contributed by atoms with E-state index in [0.29, 0.717) is 22.3 Å². The summed E-state index contributed by atoms with van der Waals surface area (Å²) in [6, 6.07) is 16.8. The first-order valence-corrected chi connectivity index (χ1v) is 14.7. The van der Waals surface area contributed by atoms with Crippen molar-refractivity contribution in [1.29, 1.82) is 0 Å². The summed E-state index contributed by atoms with van der Waals surface area (Å²) >= 11 is 1.63. The molecule has 3 unspecified atom stereocenters. The summed E-state index contributed by atoms with van der Waals surface area (Å²) in [7, 11) is 0. The van der Waals surface area contributed by atoms with Gasteiger partial charge in [-0.15, -0.1) is 11.3 Å². The van der Waals surface area contributed by atoms with Crippen LogP contribution in [0.2, 0.25) is 0 Å². The first-order chi connectivity index (χ1) is 20.8. The van der Waals surface area contributed by atoms with Gasteiger partial charge in [0.25, 0.3) is 11.8 Å². The molecule has 3 heterocycles. The van der Waals surface area contributed by atoms with Crippen LogP contribution in [-0.4, -0.2) is 64.6 Å². The number of ether oxygens (including phenoxy) is 1. The lowest BCUT2D eigenvalue weighted by Gasteiger charge is -2.36. The number of benzene rings is 2. The van der Waals surface area contributed by atoms with Gasteiger partial charge in [0.15, 0.2) is 5.82 Å². The molecule has 3 atom stereocenters. The monoisotopic (exact) mass is 631 g/mol. The molecule has 1 saturated heterocycles. The molecule has 2 amide bonds. The number of carboxylic acid groups (broad SMARTS) is 1. The number of hydrogen-bond donors (Lipinski definition) is 4. The molecule has 5 rings (SSSR count). The molecule has 1 aliphatic rings. The van der Waals surface area contributed by atoms with Crippen LogP contribution in [0, 0.1) is 0 Å². The number of morpholine rings is 1. The Morgan fingerprint density at radius 1 is 1.07 bits per heavy atom. The van der Waals surface area contributed by atoms with Gasteiger partial charge in [0.1, 0.15) is 0 Å². The predicted octanol–water partition coefficient (Wildman–Crippen LogP) is 6.00. The number of hydrogen-bond acceptors (Lipinski definition) is 7. The maximum atomic E-state index is 13.0. The molecule has 0 radical (unpaired) electrons. The fraction of sp³-hybridized carbons (Fsp3) is 0.333. The average molecular weight is 632 g/mol. The number of halogens is 3. The maximum absolute atomic E-state index is 13.0. The number of aromatic nitrogens is 2. The molecule has 4 N–H and O–H groups in total. The number of nitrogens with zero attached hydrogens (tertiary/aromatic N) is 2. The minimum absolute atomic E-state index is 0.0430. The number of fused-ring (bicyclic) bond motifs is 1. The zero-order chi connectivity index (χ0) is 32.0. The van der Waals surface area contributed by atoms with Gasteiger partial charge in [-0.3, -0.25) is 14.7 Å². The number of amides is 2. The molecule has 10 nitrogen and oxygen atoms in total. The number of anilines is 2. The quantitative estimate of drug-likeness (QED) is 0.196. The number of H-pyrrole nitrogens is 1. The van der Waals surface area contributed by atoms with Crippen molar-refractivity contribution in [1.82, 2.24) is 15.5 Å². The number of alkyl halides is 3. The molecule has 14 heteroatoms. The van der Waals surface area contributed by atoms with Gasteiger partial charge in [-0.05, 0) is 74.2 Å². The predicted molar refractivity (Wildman–Crippen MR) is 161 cm³/mol. The van der Waals surface area contributed by atoms with Gasteiger partial charge in [0, 0.05) is 40.2 Å². The van der Waals surface area contributed by atoms with E-state index in [9.17, 15) is 22.8 Å². The third kappa shape index (κ3) is 8.14. The molecular weight excluding hydrogens is 599 g/mol. The second-order valence-electron chi connectivity index (χ2n) is 10.2. The van der Waals surface area contributed by atoms with Gasteiger partial charge >= 0.3 is 12.1 Å². The highest BCUT2D eigenvalue weighted by Crippen LogP contribution is 2.26. The number of nitrogens with one attached hydrogen (secondary N) is 3. The van der Waals surface area contributed by atoms with Crippen LogP contribution < -0.4 is 15.5 Å². The molecule has 4 aromatic rings. The number of carbonyl (C=O) groups excluding carboxylic acids is 2. The van der Waals surface area contributed by atoms with Crippen molar-refractivity contribution >= 4 is 51.5 Å². The van der Waals surface area contributed by atoms with Crippen LogP contribution in [0.1, 0.15) is 58.8 Å². The Balaban J connectivity index is 0.000000566. The number of aliphatic carboxylic acids is 1. The molecule has 1 aliphatic heterocycles. The lowest BCUT2D eigenvalue weighted by molar-refractivity contribution is -0.192. The number of carbonyl (C=O) groups is 3. The SMILES string of the molecule is CCC(NC(=O)c1ccc2[nH]nc(NC(=O)c3ccc(N4CC(C)OC(C)C4)cc3)c2c1)c1cccs1.O=C(O)C(F)(F)F. The van der Waals surface area contributed by atoms with Gasteiger partial charge in [-0.2, -0.15) is 18.3 Å². The Bertz CT molecular complexity index is 1580. The van der Waals surface area contributed by atoms with E-state index in [-0.39, 0.29) is 30.1 Å². The molecule has 0 saturated carbocycles. The zero-order valence-corrected chi connectivity index (χ0v) is 25.0. The van der Waals surface area contributed by atoms with Gasteiger partial charge in [0.2, 0.25) is 0 Å². The molecule has 44 heavy (non-hydrogen) atoms. The Hall–Kier alpha value is -4.43. The van der Waals surface area contributed by atoms with Gasteiger partial charge in [-0.25, -0.2) is 4.79 Å². The van der Waals surface area contributed by atoms with E-state index >= 15 is 0 Å². The van der Waals surface area contributed by atoms with Crippen molar-refractivity contribution in [3.8, 4) is 0 Å². The molecule has 1 fully saturated rings. The van der Waals surface area contributed by atoms with Crippen LogP contribution >= 0.6 is 11.3 Å². The fourth-order valence-electron chi connectivity index (χ4n) is 4.75. The van der Waals surface area contributed by atoms with Crippen LogP contribution in [-0.2, 0) is 9.53 Å². The number of thiophene rings is 1. The minimum Gasteiger partial charge on any atom is -0.475 e. The first kappa shape index (κ1) is 32.5. The Kier molecular flexibility index (Phi) is 10.3.